The first kappa shape index (κ1) is 14.1. The van der Waals surface area contributed by atoms with E-state index in [1.807, 2.05) is 27.7 Å². The quantitative estimate of drug-likeness (QED) is 0.494. The van der Waals surface area contributed by atoms with Crippen LogP contribution in [0.5, 0.6) is 0 Å². The highest BCUT2D eigenvalue weighted by atomic mass is 16.6. The van der Waals surface area contributed by atoms with Crippen molar-refractivity contribution >= 4 is 11.7 Å². The van der Waals surface area contributed by atoms with Gasteiger partial charge in [-0.15, -0.1) is 6.42 Å². The van der Waals surface area contributed by atoms with E-state index >= 15 is 0 Å². The fourth-order valence-corrected chi connectivity index (χ4v) is 1.60. The molecule has 1 aromatic carbocycles. The van der Waals surface area contributed by atoms with Gasteiger partial charge in [-0.05, 0) is 51.0 Å². The Hall–Kier alpha value is -1.95. The van der Waals surface area contributed by atoms with Gasteiger partial charge in [0.05, 0.1) is 6.42 Å². The Kier molecular flexibility index (Phi) is 4.03. The summed E-state index contributed by atoms with van der Waals surface area (Å²) in [6.45, 7) is 7.37. The van der Waals surface area contributed by atoms with Crippen molar-refractivity contribution < 1.29 is 9.53 Å². The zero-order valence-electron chi connectivity index (χ0n) is 11.3. The minimum absolute atomic E-state index is 0.177. The lowest BCUT2D eigenvalue weighted by Crippen LogP contribution is -2.25. The maximum absolute atomic E-state index is 11.7. The molecule has 2 N–H and O–H groups in total. The number of carbonyl (C=O) groups excluding carboxylic acids is 1. The molecule has 0 aliphatic carbocycles. The zero-order chi connectivity index (χ0) is 13.9. The van der Waals surface area contributed by atoms with Crippen LogP contribution < -0.4 is 5.73 Å². The number of carbonyl (C=O) groups is 1. The minimum atomic E-state index is -0.484. The summed E-state index contributed by atoms with van der Waals surface area (Å²) in [4.78, 5) is 11.7. The number of nitrogens with two attached hydrogens (primary N) is 1. The third-order valence-electron chi connectivity index (χ3n) is 2.43. The van der Waals surface area contributed by atoms with Crippen molar-refractivity contribution in [2.45, 2.75) is 39.7 Å². The van der Waals surface area contributed by atoms with Crippen LogP contribution in [0, 0.1) is 19.3 Å². The van der Waals surface area contributed by atoms with E-state index in [0.717, 1.165) is 11.1 Å². The van der Waals surface area contributed by atoms with Gasteiger partial charge in [0, 0.05) is 11.3 Å². The van der Waals surface area contributed by atoms with Gasteiger partial charge in [-0.25, -0.2) is 0 Å². The lowest BCUT2D eigenvalue weighted by molar-refractivity contribution is -0.153. The molecule has 0 saturated heterocycles. The average molecular weight is 245 g/mol. The summed E-state index contributed by atoms with van der Waals surface area (Å²) in [5, 5.41) is 0. The molecular formula is C15H19NO2. The largest absolute Gasteiger partial charge is 0.460 e. The van der Waals surface area contributed by atoms with Gasteiger partial charge in [-0.1, -0.05) is 5.92 Å². The van der Waals surface area contributed by atoms with Crippen molar-refractivity contribution in [3.63, 3.8) is 0 Å². The summed E-state index contributed by atoms with van der Waals surface area (Å²) in [5.74, 6) is 2.28. The van der Waals surface area contributed by atoms with Gasteiger partial charge in [0.15, 0.2) is 0 Å². The van der Waals surface area contributed by atoms with Crippen LogP contribution >= 0.6 is 0 Å². The topological polar surface area (TPSA) is 52.3 Å². The first-order chi connectivity index (χ1) is 8.23. The number of anilines is 1. The highest BCUT2D eigenvalue weighted by Crippen LogP contribution is 2.19. The lowest BCUT2D eigenvalue weighted by Gasteiger charge is -2.19. The molecule has 0 unspecified atom stereocenters. The van der Waals surface area contributed by atoms with Crippen molar-refractivity contribution in [1.82, 2.24) is 0 Å². The fourth-order valence-electron chi connectivity index (χ4n) is 1.60. The molecule has 0 spiro atoms. The number of terminal acetylenes is 1. The second-order valence-electron chi connectivity index (χ2n) is 5.27. The third kappa shape index (κ3) is 3.81. The number of benzene rings is 1. The van der Waals surface area contributed by atoms with Crippen LogP contribution in [0.2, 0.25) is 0 Å². The molecule has 0 amide bonds. The molecule has 0 bridgehead atoms. The molecule has 0 heterocycles. The van der Waals surface area contributed by atoms with E-state index in [4.69, 9.17) is 16.9 Å². The Morgan fingerprint density at radius 3 is 2.56 bits per heavy atom. The molecule has 1 rings (SSSR count). The van der Waals surface area contributed by atoms with Crippen LogP contribution in [-0.2, 0) is 16.0 Å². The smallest absolute Gasteiger partial charge is 0.310 e. The van der Waals surface area contributed by atoms with Crippen LogP contribution in [-0.4, -0.2) is 11.6 Å². The van der Waals surface area contributed by atoms with Gasteiger partial charge in [-0.2, -0.15) is 0 Å². The molecule has 0 saturated carbocycles. The predicted octanol–water partition coefficient (Wildman–Crippen LogP) is 2.44. The Morgan fingerprint density at radius 2 is 2.06 bits per heavy atom. The van der Waals surface area contributed by atoms with E-state index in [2.05, 4.69) is 5.92 Å². The summed E-state index contributed by atoms with van der Waals surface area (Å²) in [6, 6.07) is 3.57. The summed E-state index contributed by atoms with van der Waals surface area (Å²) < 4.78 is 5.25. The van der Waals surface area contributed by atoms with Gasteiger partial charge in [-0.3, -0.25) is 4.79 Å². The van der Waals surface area contributed by atoms with E-state index in [1.165, 1.54) is 0 Å². The van der Waals surface area contributed by atoms with Crippen LogP contribution in [0.1, 0.15) is 37.5 Å². The van der Waals surface area contributed by atoms with Crippen LogP contribution in [0.3, 0.4) is 0 Å². The number of esters is 1. The molecule has 0 atom stereocenters. The van der Waals surface area contributed by atoms with Gasteiger partial charge in [0.2, 0.25) is 0 Å². The summed E-state index contributed by atoms with van der Waals surface area (Å²) in [5.41, 5.74) is 8.33. The average Bonchev–Trinajstić information content (AvgIpc) is 2.20. The molecule has 0 radical (unpaired) electrons. The molecular weight excluding hydrogens is 226 g/mol. The predicted molar refractivity (Wildman–Crippen MR) is 73.1 cm³/mol. The number of hydrogen-bond acceptors (Lipinski definition) is 3. The van der Waals surface area contributed by atoms with Crippen LogP contribution in [0.4, 0.5) is 5.69 Å². The van der Waals surface area contributed by atoms with Gasteiger partial charge >= 0.3 is 5.97 Å². The summed E-state index contributed by atoms with van der Waals surface area (Å²) in [6.07, 6.45) is 5.58. The molecule has 3 heteroatoms. The van der Waals surface area contributed by atoms with Crippen molar-refractivity contribution in [1.29, 1.82) is 0 Å². The van der Waals surface area contributed by atoms with E-state index in [-0.39, 0.29) is 12.4 Å². The van der Waals surface area contributed by atoms with Crippen LogP contribution in [0.25, 0.3) is 0 Å². The van der Waals surface area contributed by atoms with Crippen molar-refractivity contribution in [3.8, 4) is 12.3 Å². The minimum Gasteiger partial charge on any atom is -0.460 e. The monoisotopic (exact) mass is 245 g/mol. The van der Waals surface area contributed by atoms with Crippen molar-refractivity contribution in [3.05, 3.63) is 28.8 Å². The maximum Gasteiger partial charge on any atom is 0.310 e. The van der Waals surface area contributed by atoms with E-state index < -0.39 is 5.60 Å². The zero-order valence-corrected chi connectivity index (χ0v) is 11.3. The van der Waals surface area contributed by atoms with Gasteiger partial charge in [0.25, 0.3) is 0 Å². The van der Waals surface area contributed by atoms with E-state index in [1.54, 1.807) is 12.1 Å². The third-order valence-corrected chi connectivity index (χ3v) is 2.43. The molecule has 0 fully saturated rings. The lowest BCUT2D eigenvalue weighted by atomic mass is 10.0. The Morgan fingerprint density at radius 1 is 1.44 bits per heavy atom. The number of hydrogen-bond donors (Lipinski definition) is 1. The molecule has 0 aromatic heterocycles. The van der Waals surface area contributed by atoms with Crippen molar-refractivity contribution in [2.24, 2.45) is 0 Å². The summed E-state index contributed by atoms with van der Waals surface area (Å²) >= 11 is 0. The molecule has 1 aromatic rings. The number of nitrogen functional groups attached to an aromatic ring is 1. The first-order valence-electron chi connectivity index (χ1n) is 5.80. The van der Waals surface area contributed by atoms with Gasteiger partial charge < -0.3 is 10.5 Å². The SMILES string of the molecule is C#Cc1cc(CC(=O)OC(C)(C)C)cc(N)c1C. The molecule has 96 valence electrons. The highest BCUT2D eigenvalue weighted by Gasteiger charge is 2.17. The number of rotatable bonds is 2. The van der Waals surface area contributed by atoms with Gasteiger partial charge in [0.1, 0.15) is 5.60 Å². The molecule has 3 nitrogen and oxygen atoms in total. The molecule has 18 heavy (non-hydrogen) atoms. The van der Waals surface area contributed by atoms with Crippen LogP contribution in [0.15, 0.2) is 12.1 Å². The molecule has 0 aliphatic heterocycles. The fraction of sp³-hybridized carbons (Fsp3) is 0.400. The second-order valence-corrected chi connectivity index (χ2v) is 5.27. The highest BCUT2D eigenvalue weighted by molar-refractivity contribution is 5.74. The van der Waals surface area contributed by atoms with Crippen molar-refractivity contribution in [2.75, 3.05) is 5.73 Å². The Bertz CT molecular complexity index is 504. The Balaban J connectivity index is 2.90. The summed E-state index contributed by atoms with van der Waals surface area (Å²) in [7, 11) is 0. The van der Waals surface area contributed by atoms with E-state index in [0.29, 0.717) is 11.3 Å². The number of ether oxygens (including phenoxy) is 1. The molecule has 0 aliphatic rings. The normalized spacial score (nSPS) is 10.8. The van der Waals surface area contributed by atoms with E-state index in [9.17, 15) is 4.79 Å². The maximum atomic E-state index is 11.7. The standard InChI is InChI=1S/C15H19NO2/c1-6-12-7-11(8-13(16)10(12)2)9-14(17)18-15(3,4)5/h1,7-8H,9,16H2,2-5H3. The Labute approximate surface area is 108 Å². The second kappa shape index (κ2) is 5.14. The first-order valence-corrected chi connectivity index (χ1v) is 5.80.